The van der Waals surface area contributed by atoms with Gasteiger partial charge in [-0.15, -0.1) is 0 Å². The Hall–Kier alpha value is -3.20. The molecular formula is C32H44F3N3O7S. The summed E-state index contributed by atoms with van der Waals surface area (Å²) in [5, 5.41) is 12.5. The van der Waals surface area contributed by atoms with Crippen LogP contribution in [0.5, 0.6) is 5.75 Å². The lowest BCUT2D eigenvalue weighted by Gasteiger charge is -2.35. The molecule has 0 fully saturated rings. The Kier molecular flexibility index (Phi) is 13.4. The second kappa shape index (κ2) is 16.6. The quantitative estimate of drug-likeness (QED) is 0.381. The van der Waals surface area contributed by atoms with E-state index in [1.165, 1.54) is 46.6 Å². The highest BCUT2D eigenvalue weighted by Crippen LogP contribution is 2.29. The van der Waals surface area contributed by atoms with Crippen molar-refractivity contribution in [2.45, 2.75) is 82.2 Å². The van der Waals surface area contributed by atoms with E-state index in [0.717, 1.165) is 6.42 Å². The van der Waals surface area contributed by atoms with Crippen molar-refractivity contribution in [1.82, 2.24) is 9.21 Å². The minimum atomic E-state index is -4.49. The number of ether oxygens (including phenoxy) is 2. The zero-order valence-corrected chi connectivity index (χ0v) is 27.4. The summed E-state index contributed by atoms with van der Waals surface area (Å²) in [7, 11) is -2.35. The maximum Gasteiger partial charge on any atom is 0.389 e. The molecule has 2 aromatic rings. The molecule has 0 aliphatic carbocycles. The highest BCUT2D eigenvalue weighted by molar-refractivity contribution is 7.89. The van der Waals surface area contributed by atoms with E-state index < -0.39 is 58.9 Å². The van der Waals surface area contributed by atoms with E-state index in [1.807, 2.05) is 13.8 Å². The molecule has 1 aliphatic rings. The second-order valence-corrected chi connectivity index (χ2v) is 13.8. The number of halogens is 3. The van der Waals surface area contributed by atoms with Crippen LogP contribution >= 0.6 is 0 Å². The summed E-state index contributed by atoms with van der Waals surface area (Å²) >= 11 is 0. The van der Waals surface area contributed by atoms with E-state index in [2.05, 4.69) is 5.32 Å². The molecule has 10 nitrogen and oxygen atoms in total. The van der Waals surface area contributed by atoms with Gasteiger partial charge >= 0.3 is 6.18 Å². The molecule has 0 unspecified atom stereocenters. The van der Waals surface area contributed by atoms with Crippen molar-refractivity contribution >= 4 is 27.5 Å². The third kappa shape index (κ3) is 10.7. The SMILES string of the molecule is C[C@@H]1CN([C@@H](C)CO)C(=O)c2cc(NC(=O)CCC(F)(F)F)ccc2O[C@@H](C)CCCCO[C@H]1CN(C)S(=O)(=O)c1ccccc1. The summed E-state index contributed by atoms with van der Waals surface area (Å²) in [6, 6.07) is 11.7. The van der Waals surface area contributed by atoms with Crippen molar-refractivity contribution in [3.8, 4) is 5.75 Å². The van der Waals surface area contributed by atoms with Crippen LogP contribution in [0.25, 0.3) is 0 Å². The molecule has 2 N–H and O–H groups in total. The third-order valence-electron chi connectivity index (χ3n) is 7.86. The first-order chi connectivity index (χ1) is 21.6. The smallest absolute Gasteiger partial charge is 0.389 e. The monoisotopic (exact) mass is 671 g/mol. The number of carbonyl (C=O) groups excluding carboxylic acids is 2. The Bertz CT molecular complexity index is 1410. The lowest BCUT2D eigenvalue weighted by Crippen LogP contribution is -2.48. The average Bonchev–Trinajstić information content (AvgIpc) is 3.01. The molecule has 0 saturated carbocycles. The van der Waals surface area contributed by atoms with Gasteiger partial charge < -0.3 is 24.8 Å². The van der Waals surface area contributed by atoms with E-state index in [1.54, 1.807) is 25.1 Å². The minimum Gasteiger partial charge on any atom is -0.490 e. The zero-order chi connectivity index (χ0) is 34.1. The van der Waals surface area contributed by atoms with Gasteiger partial charge in [0.05, 0.1) is 41.7 Å². The van der Waals surface area contributed by atoms with E-state index >= 15 is 0 Å². The van der Waals surface area contributed by atoms with Gasteiger partial charge in [0.2, 0.25) is 15.9 Å². The number of sulfonamides is 1. The molecule has 1 aliphatic heterocycles. The molecule has 0 aromatic heterocycles. The van der Waals surface area contributed by atoms with Gasteiger partial charge in [-0.1, -0.05) is 25.1 Å². The standard InChI is InChI=1S/C32H44F3N3O7S/c1-22-19-38(23(2)21-39)31(41)27-18-25(36-30(40)15-16-32(33,34)35)13-14-28(27)45-24(3)10-8-9-17-44-29(22)20-37(4)46(42,43)26-11-6-5-7-12-26/h5-7,11-14,18,22-24,29,39H,8-10,15-17,19-21H2,1-4H3,(H,36,40)/t22-,23+,24+,29+/m1/s1. The average molecular weight is 672 g/mol. The van der Waals surface area contributed by atoms with Crippen LogP contribution in [-0.2, 0) is 19.6 Å². The highest BCUT2D eigenvalue weighted by Gasteiger charge is 2.33. The summed E-state index contributed by atoms with van der Waals surface area (Å²) < 4.78 is 78.1. The molecule has 1 heterocycles. The number of amides is 2. The molecule has 2 amide bonds. The fourth-order valence-electron chi connectivity index (χ4n) is 5.07. The fourth-order valence-corrected chi connectivity index (χ4v) is 6.27. The number of rotatable bonds is 9. The third-order valence-corrected chi connectivity index (χ3v) is 9.70. The van der Waals surface area contributed by atoms with Gasteiger partial charge in [-0.25, -0.2) is 8.42 Å². The normalized spacial score (nSPS) is 21.2. The van der Waals surface area contributed by atoms with Crippen LogP contribution in [0, 0.1) is 5.92 Å². The van der Waals surface area contributed by atoms with Crippen LogP contribution in [0.3, 0.4) is 0 Å². The van der Waals surface area contributed by atoms with Gasteiger partial charge in [0.1, 0.15) is 5.75 Å². The summed E-state index contributed by atoms with van der Waals surface area (Å²) in [4.78, 5) is 28.0. The van der Waals surface area contributed by atoms with Crippen molar-refractivity contribution in [3.63, 3.8) is 0 Å². The van der Waals surface area contributed by atoms with Gasteiger partial charge in [-0.2, -0.15) is 17.5 Å². The lowest BCUT2D eigenvalue weighted by molar-refractivity contribution is -0.142. The number of hydrogen-bond donors (Lipinski definition) is 2. The Labute approximate surface area is 268 Å². The van der Waals surface area contributed by atoms with E-state index in [-0.39, 0.29) is 47.7 Å². The predicted molar refractivity (Wildman–Crippen MR) is 167 cm³/mol. The Morgan fingerprint density at radius 1 is 1.15 bits per heavy atom. The first kappa shape index (κ1) is 37.3. The molecular weight excluding hydrogens is 627 g/mol. The van der Waals surface area contributed by atoms with Gasteiger partial charge in [0.25, 0.3) is 5.91 Å². The van der Waals surface area contributed by atoms with E-state index in [4.69, 9.17) is 9.47 Å². The molecule has 46 heavy (non-hydrogen) atoms. The summed E-state index contributed by atoms with van der Waals surface area (Å²) in [6.07, 6.45) is -5.46. The Balaban J connectivity index is 1.94. The van der Waals surface area contributed by atoms with Crippen LogP contribution in [-0.4, -0.2) is 92.3 Å². The van der Waals surface area contributed by atoms with Crippen LogP contribution in [0.1, 0.15) is 63.2 Å². The molecule has 256 valence electrons. The van der Waals surface area contributed by atoms with Crippen LogP contribution in [0.2, 0.25) is 0 Å². The largest absolute Gasteiger partial charge is 0.490 e. The number of benzene rings is 2. The number of likely N-dealkylation sites (N-methyl/N-ethyl adjacent to an activating group) is 1. The zero-order valence-electron chi connectivity index (χ0n) is 26.6. The van der Waals surface area contributed by atoms with Crippen LogP contribution in [0.15, 0.2) is 53.4 Å². The van der Waals surface area contributed by atoms with Crippen molar-refractivity contribution in [3.05, 3.63) is 54.1 Å². The Morgan fingerprint density at radius 2 is 1.85 bits per heavy atom. The number of aliphatic hydroxyl groups is 1. The number of nitrogens with zero attached hydrogens (tertiary/aromatic N) is 2. The van der Waals surface area contributed by atoms with Crippen molar-refractivity contribution in [2.75, 3.05) is 38.7 Å². The summed E-state index contributed by atoms with van der Waals surface area (Å²) in [6.45, 7) is 5.39. The second-order valence-electron chi connectivity index (χ2n) is 11.8. The van der Waals surface area contributed by atoms with Crippen molar-refractivity contribution in [2.24, 2.45) is 5.92 Å². The molecule has 0 saturated heterocycles. The summed E-state index contributed by atoms with van der Waals surface area (Å²) in [5.41, 5.74) is 0.182. The topological polar surface area (TPSA) is 125 Å². The molecule has 2 aromatic carbocycles. The van der Waals surface area contributed by atoms with Crippen molar-refractivity contribution in [1.29, 1.82) is 0 Å². The molecule has 3 rings (SSSR count). The number of carbonyl (C=O) groups is 2. The maximum absolute atomic E-state index is 14.2. The fraction of sp³-hybridized carbons (Fsp3) is 0.562. The van der Waals surface area contributed by atoms with Crippen LogP contribution < -0.4 is 10.1 Å². The summed E-state index contributed by atoms with van der Waals surface area (Å²) in [5.74, 6) is -1.57. The maximum atomic E-state index is 14.2. The van der Waals surface area contributed by atoms with E-state index in [0.29, 0.717) is 19.4 Å². The number of aliphatic hydroxyl groups excluding tert-OH is 1. The van der Waals surface area contributed by atoms with E-state index in [9.17, 15) is 36.3 Å². The van der Waals surface area contributed by atoms with Gasteiger partial charge in [0.15, 0.2) is 0 Å². The highest BCUT2D eigenvalue weighted by atomic mass is 32.2. The number of anilines is 1. The number of alkyl halides is 3. The lowest BCUT2D eigenvalue weighted by atomic mass is 10.0. The van der Waals surface area contributed by atoms with Gasteiger partial charge in [-0.3, -0.25) is 9.59 Å². The van der Waals surface area contributed by atoms with Gasteiger partial charge in [-0.05, 0) is 63.4 Å². The van der Waals surface area contributed by atoms with Crippen molar-refractivity contribution < 1.29 is 45.8 Å². The first-order valence-corrected chi connectivity index (χ1v) is 16.8. The number of nitrogens with one attached hydrogen (secondary N) is 1. The number of hydrogen-bond acceptors (Lipinski definition) is 7. The molecule has 4 atom stereocenters. The number of fused-ring (bicyclic) bond motifs is 1. The molecule has 0 radical (unpaired) electrons. The molecule has 0 spiro atoms. The first-order valence-electron chi connectivity index (χ1n) is 15.3. The van der Waals surface area contributed by atoms with Crippen LogP contribution in [0.4, 0.5) is 18.9 Å². The Morgan fingerprint density at radius 3 is 2.50 bits per heavy atom. The minimum absolute atomic E-state index is 0.0120. The van der Waals surface area contributed by atoms with Gasteiger partial charge in [0, 0.05) is 44.8 Å². The molecule has 0 bridgehead atoms. The predicted octanol–water partition coefficient (Wildman–Crippen LogP) is 5.08. The molecule has 14 heteroatoms.